The Morgan fingerprint density at radius 1 is 1.43 bits per heavy atom. The van der Waals surface area contributed by atoms with Gasteiger partial charge < -0.3 is 5.73 Å². The SMILES string of the molecule is Nc1nc2c(S(=O)(=O)O)cccc2s1. The van der Waals surface area contributed by atoms with Crippen LogP contribution in [0.25, 0.3) is 10.2 Å². The van der Waals surface area contributed by atoms with Gasteiger partial charge in [-0.3, -0.25) is 4.55 Å². The monoisotopic (exact) mass is 230 g/mol. The Bertz CT molecular complexity index is 588. The first kappa shape index (κ1) is 9.38. The molecule has 0 aliphatic rings. The highest BCUT2D eigenvalue weighted by Crippen LogP contribution is 2.28. The Hall–Kier alpha value is -1.18. The molecule has 1 aromatic heterocycles. The third-order valence-corrected chi connectivity index (χ3v) is 3.41. The van der Waals surface area contributed by atoms with Crippen LogP contribution in [0.3, 0.4) is 0 Å². The van der Waals surface area contributed by atoms with Gasteiger partial charge in [0.25, 0.3) is 10.1 Å². The number of fused-ring (bicyclic) bond motifs is 1. The lowest BCUT2D eigenvalue weighted by Gasteiger charge is -1.96. The zero-order chi connectivity index (χ0) is 10.3. The number of aromatic nitrogens is 1. The highest BCUT2D eigenvalue weighted by molar-refractivity contribution is 7.86. The summed E-state index contributed by atoms with van der Waals surface area (Å²) in [5.41, 5.74) is 5.65. The van der Waals surface area contributed by atoms with Crippen LogP contribution in [-0.4, -0.2) is 18.0 Å². The van der Waals surface area contributed by atoms with E-state index in [1.54, 1.807) is 6.07 Å². The van der Waals surface area contributed by atoms with Crippen molar-refractivity contribution in [3.05, 3.63) is 18.2 Å². The molecule has 0 radical (unpaired) electrons. The minimum atomic E-state index is -4.23. The lowest BCUT2D eigenvalue weighted by atomic mass is 10.3. The second-order valence-corrected chi connectivity index (χ2v) is 5.08. The second-order valence-electron chi connectivity index (χ2n) is 2.63. The third kappa shape index (κ3) is 1.45. The molecule has 0 bridgehead atoms. The number of rotatable bonds is 1. The molecule has 0 amide bonds. The average Bonchev–Trinajstić information content (AvgIpc) is 2.41. The smallest absolute Gasteiger partial charge is 0.296 e. The zero-order valence-electron chi connectivity index (χ0n) is 6.84. The van der Waals surface area contributed by atoms with Crippen LogP contribution in [-0.2, 0) is 10.1 Å². The second kappa shape index (κ2) is 2.91. The maximum absolute atomic E-state index is 10.9. The summed E-state index contributed by atoms with van der Waals surface area (Å²) in [4.78, 5) is 3.63. The van der Waals surface area contributed by atoms with Crippen LogP contribution in [0.15, 0.2) is 23.1 Å². The normalized spacial score (nSPS) is 12.1. The molecule has 1 aromatic carbocycles. The Morgan fingerprint density at radius 3 is 2.79 bits per heavy atom. The number of nitrogen functional groups attached to an aromatic ring is 1. The van der Waals surface area contributed by atoms with Gasteiger partial charge in [0, 0.05) is 0 Å². The molecule has 3 N–H and O–H groups in total. The highest BCUT2D eigenvalue weighted by Gasteiger charge is 2.16. The molecular formula is C7H6N2O3S2. The van der Waals surface area contributed by atoms with E-state index in [2.05, 4.69) is 4.98 Å². The molecule has 0 saturated carbocycles. The van der Waals surface area contributed by atoms with Crippen LogP contribution in [0, 0.1) is 0 Å². The standard InChI is InChI=1S/C7H6N2O3S2/c8-7-9-6-4(13-7)2-1-3-5(6)14(10,11)12/h1-3H,(H2,8,9)(H,10,11,12). The summed E-state index contributed by atoms with van der Waals surface area (Å²) in [5, 5.41) is 0.274. The third-order valence-electron chi connectivity index (χ3n) is 1.68. The lowest BCUT2D eigenvalue weighted by Crippen LogP contribution is -1.98. The zero-order valence-corrected chi connectivity index (χ0v) is 8.47. The maximum atomic E-state index is 10.9. The number of benzene rings is 1. The van der Waals surface area contributed by atoms with Crippen LogP contribution >= 0.6 is 11.3 Å². The van der Waals surface area contributed by atoms with E-state index in [-0.39, 0.29) is 15.5 Å². The largest absolute Gasteiger partial charge is 0.375 e. The quantitative estimate of drug-likeness (QED) is 0.716. The number of nitrogens with two attached hydrogens (primary N) is 1. The van der Waals surface area contributed by atoms with Crippen LogP contribution < -0.4 is 5.73 Å². The minimum absolute atomic E-state index is 0.206. The summed E-state index contributed by atoms with van der Waals surface area (Å²) in [6.07, 6.45) is 0. The van der Waals surface area contributed by atoms with Gasteiger partial charge in [0.2, 0.25) is 0 Å². The molecular weight excluding hydrogens is 224 g/mol. The van der Waals surface area contributed by atoms with Gasteiger partial charge >= 0.3 is 0 Å². The number of para-hydroxylation sites is 1. The van der Waals surface area contributed by atoms with E-state index in [1.807, 2.05) is 0 Å². The van der Waals surface area contributed by atoms with E-state index < -0.39 is 10.1 Å². The van der Waals surface area contributed by atoms with Crippen molar-refractivity contribution in [2.45, 2.75) is 4.90 Å². The van der Waals surface area contributed by atoms with Crippen LogP contribution in [0.1, 0.15) is 0 Å². The molecule has 74 valence electrons. The summed E-state index contributed by atoms with van der Waals surface area (Å²) in [5.74, 6) is 0. The highest BCUT2D eigenvalue weighted by atomic mass is 32.2. The van der Waals surface area contributed by atoms with Gasteiger partial charge in [0.1, 0.15) is 10.4 Å². The number of nitrogens with zero attached hydrogens (tertiary/aromatic N) is 1. The fourth-order valence-electron chi connectivity index (χ4n) is 1.15. The van der Waals surface area contributed by atoms with E-state index in [4.69, 9.17) is 10.3 Å². The van der Waals surface area contributed by atoms with E-state index >= 15 is 0 Å². The number of hydrogen-bond acceptors (Lipinski definition) is 5. The fraction of sp³-hybridized carbons (Fsp3) is 0. The summed E-state index contributed by atoms with van der Waals surface area (Å²) in [7, 11) is -4.23. The molecule has 0 aliphatic carbocycles. The van der Waals surface area contributed by atoms with E-state index in [0.29, 0.717) is 4.70 Å². The van der Waals surface area contributed by atoms with Gasteiger partial charge in [0.15, 0.2) is 5.13 Å². The van der Waals surface area contributed by atoms with Crippen LogP contribution in [0.2, 0.25) is 0 Å². The summed E-state index contributed by atoms with van der Waals surface area (Å²) in [6, 6.07) is 4.51. The molecule has 14 heavy (non-hydrogen) atoms. The van der Waals surface area contributed by atoms with Gasteiger partial charge in [-0.2, -0.15) is 8.42 Å². The Labute approximate surface area is 83.9 Å². The van der Waals surface area contributed by atoms with Crippen molar-refractivity contribution in [2.24, 2.45) is 0 Å². The Balaban J connectivity index is 2.90. The fourth-order valence-corrected chi connectivity index (χ4v) is 2.62. The molecule has 2 aromatic rings. The van der Waals surface area contributed by atoms with Crippen molar-refractivity contribution >= 4 is 36.8 Å². The average molecular weight is 230 g/mol. The molecule has 0 atom stereocenters. The van der Waals surface area contributed by atoms with E-state index in [1.165, 1.54) is 23.5 Å². The predicted octanol–water partition coefficient (Wildman–Crippen LogP) is 1.13. The Kier molecular flexibility index (Phi) is 1.95. The van der Waals surface area contributed by atoms with E-state index in [9.17, 15) is 8.42 Å². The van der Waals surface area contributed by atoms with Crippen molar-refractivity contribution in [1.82, 2.24) is 4.98 Å². The number of anilines is 1. The maximum Gasteiger partial charge on any atom is 0.296 e. The van der Waals surface area contributed by atoms with Crippen molar-refractivity contribution in [3.63, 3.8) is 0 Å². The first-order valence-corrected chi connectivity index (χ1v) is 5.86. The van der Waals surface area contributed by atoms with Crippen molar-refractivity contribution in [1.29, 1.82) is 0 Å². The van der Waals surface area contributed by atoms with Gasteiger partial charge in [-0.1, -0.05) is 17.4 Å². The van der Waals surface area contributed by atoms with Crippen molar-refractivity contribution in [2.75, 3.05) is 5.73 Å². The number of hydrogen-bond donors (Lipinski definition) is 2. The summed E-state index contributed by atoms with van der Waals surface area (Å²) < 4.78 is 31.4. The molecule has 5 nitrogen and oxygen atoms in total. The summed E-state index contributed by atoms with van der Waals surface area (Å²) in [6.45, 7) is 0. The first-order valence-electron chi connectivity index (χ1n) is 3.61. The molecule has 0 saturated heterocycles. The van der Waals surface area contributed by atoms with Crippen molar-refractivity contribution < 1.29 is 13.0 Å². The van der Waals surface area contributed by atoms with Gasteiger partial charge in [-0.25, -0.2) is 4.98 Å². The van der Waals surface area contributed by atoms with Crippen molar-refractivity contribution in [3.8, 4) is 0 Å². The minimum Gasteiger partial charge on any atom is -0.375 e. The molecule has 0 unspecified atom stereocenters. The predicted molar refractivity (Wildman–Crippen MR) is 53.8 cm³/mol. The molecule has 0 fully saturated rings. The van der Waals surface area contributed by atoms with Crippen LogP contribution in [0.5, 0.6) is 0 Å². The molecule has 7 heteroatoms. The van der Waals surface area contributed by atoms with Gasteiger partial charge in [-0.05, 0) is 12.1 Å². The summed E-state index contributed by atoms with van der Waals surface area (Å²) >= 11 is 1.17. The topological polar surface area (TPSA) is 93.3 Å². The Morgan fingerprint density at radius 2 is 2.14 bits per heavy atom. The van der Waals surface area contributed by atoms with Gasteiger partial charge in [0.05, 0.1) is 4.70 Å². The van der Waals surface area contributed by atoms with Gasteiger partial charge in [-0.15, -0.1) is 0 Å². The van der Waals surface area contributed by atoms with Crippen LogP contribution in [0.4, 0.5) is 5.13 Å². The first-order chi connectivity index (χ1) is 6.48. The lowest BCUT2D eigenvalue weighted by molar-refractivity contribution is 0.484. The molecule has 0 aliphatic heterocycles. The van der Waals surface area contributed by atoms with E-state index in [0.717, 1.165) is 0 Å². The molecule has 0 spiro atoms. The molecule has 1 heterocycles. The number of thiazole rings is 1. The molecule has 2 rings (SSSR count).